The second-order valence-corrected chi connectivity index (χ2v) is 8.26. The number of aliphatic carboxylic acids is 1. The highest BCUT2D eigenvalue weighted by molar-refractivity contribution is 5.93. The number of ether oxygens (including phenoxy) is 2. The maximum Gasteiger partial charge on any atom is 0.410 e. The van der Waals surface area contributed by atoms with Crippen LogP contribution in [0.4, 0.5) is 18.0 Å². The molecule has 2 N–H and O–H groups in total. The number of carboxylic acid groups (broad SMARTS) is 1. The summed E-state index contributed by atoms with van der Waals surface area (Å²) in [6.07, 6.45) is -0.874. The van der Waals surface area contributed by atoms with Gasteiger partial charge in [0.25, 0.3) is 0 Å². The molecule has 0 saturated carbocycles. The van der Waals surface area contributed by atoms with Gasteiger partial charge in [-0.3, -0.25) is 14.4 Å². The molecule has 188 valence electrons. The van der Waals surface area contributed by atoms with Gasteiger partial charge in [0.2, 0.25) is 11.7 Å². The zero-order chi connectivity index (χ0) is 25.6. The van der Waals surface area contributed by atoms with E-state index in [0.717, 1.165) is 0 Å². The molecule has 12 heteroatoms. The molecular weight excluding hydrogens is 461 g/mol. The summed E-state index contributed by atoms with van der Waals surface area (Å²) in [5, 5.41) is 11.4. The van der Waals surface area contributed by atoms with E-state index in [-0.39, 0.29) is 18.2 Å². The molecule has 0 aliphatic carbocycles. The minimum absolute atomic E-state index is 0.0147. The number of Topliss-reactive ketones (excluding diaryl/α,β-unsaturated/α-hetero) is 1. The Morgan fingerprint density at radius 1 is 1.21 bits per heavy atom. The number of benzene rings is 1. The number of ketones is 1. The Balaban J connectivity index is 2.06. The van der Waals surface area contributed by atoms with Crippen molar-refractivity contribution in [3.05, 3.63) is 29.1 Å². The Kier molecular flexibility index (Phi) is 9.28. The summed E-state index contributed by atoms with van der Waals surface area (Å²) >= 11 is 0. The van der Waals surface area contributed by atoms with E-state index in [2.05, 4.69) is 5.32 Å². The van der Waals surface area contributed by atoms with Crippen LogP contribution in [0.25, 0.3) is 0 Å². The SMILES string of the molecule is Cc1cc(F)c(F)c(OCC(=O)[C@H](CC(=O)O)NC(=O)[C@@H]2CCCN(C(=O)OC(C)C)C2)c1F. The number of nitrogens with one attached hydrogen (secondary N) is 1. The first-order chi connectivity index (χ1) is 15.9. The van der Waals surface area contributed by atoms with Gasteiger partial charge in [0.1, 0.15) is 12.6 Å². The number of carbonyl (C=O) groups excluding carboxylic acids is 3. The fourth-order valence-electron chi connectivity index (χ4n) is 3.41. The van der Waals surface area contributed by atoms with Crippen molar-refractivity contribution in [1.82, 2.24) is 10.2 Å². The first-order valence-electron chi connectivity index (χ1n) is 10.7. The highest BCUT2D eigenvalue weighted by Gasteiger charge is 2.33. The van der Waals surface area contributed by atoms with Gasteiger partial charge in [-0.2, -0.15) is 4.39 Å². The van der Waals surface area contributed by atoms with Crippen molar-refractivity contribution < 1.29 is 46.9 Å². The third-order valence-corrected chi connectivity index (χ3v) is 5.13. The summed E-state index contributed by atoms with van der Waals surface area (Å²) in [6.45, 7) is 3.92. The van der Waals surface area contributed by atoms with E-state index in [4.69, 9.17) is 14.6 Å². The van der Waals surface area contributed by atoms with Crippen LogP contribution in [0, 0.1) is 30.3 Å². The average molecular weight is 488 g/mol. The minimum atomic E-state index is -1.63. The third-order valence-electron chi connectivity index (χ3n) is 5.13. The van der Waals surface area contributed by atoms with Gasteiger partial charge in [0.05, 0.1) is 18.4 Å². The summed E-state index contributed by atoms with van der Waals surface area (Å²) in [7, 11) is 0. The molecule has 1 aromatic rings. The predicted molar refractivity (Wildman–Crippen MR) is 112 cm³/mol. The zero-order valence-electron chi connectivity index (χ0n) is 19.0. The molecular formula is C22H27F3N2O7. The number of hydrogen-bond donors (Lipinski definition) is 2. The van der Waals surface area contributed by atoms with Crippen molar-refractivity contribution in [3.8, 4) is 5.75 Å². The highest BCUT2D eigenvalue weighted by atomic mass is 19.2. The van der Waals surface area contributed by atoms with Crippen LogP contribution in [-0.4, -0.2) is 65.6 Å². The number of piperidine rings is 1. The number of nitrogens with zero attached hydrogens (tertiary/aromatic N) is 1. The number of carboxylic acids is 1. The maximum atomic E-state index is 14.1. The van der Waals surface area contributed by atoms with Crippen LogP contribution in [-0.2, 0) is 19.1 Å². The number of halogens is 3. The van der Waals surface area contributed by atoms with E-state index in [1.165, 1.54) is 11.8 Å². The zero-order valence-corrected chi connectivity index (χ0v) is 19.0. The van der Waals surface area contributed by atoms with Crippen LogP contribution in [0.2, 0.25) is 0 Å². The summed E-state index contributed by atoms with van der Waals surface area (Å²) in [5.74, 6) is -9.12. The van der Waals surface area contributed by atoms with Crippen molar-refractivity contribution in [3.63, 3.8) is 0 Å². The summed E-state index contributed by atoms with van der Waals surface area (Å²) in [5.41, 5.74) is -0.255. The van der Waals surface area contributed by atoms with Crippen LogP contribution in [0.1, 0.15) is 38.7 Å². The summed E-state index contributed by atoms with van der Waals surface area (Å²) in [4.78, 5) is 49.9. The molecule has 0 unspecified atom stereocenters. The van der Waals surface area contributed by atoms with Crippen molar-refractivity contribution in [1.29, 1.82) is 0 Å². The Hall–Kier alpha value is -3.31. The number of aryl methyl sites for hydroxylation is 1. The molecule has 2 amide bonds. The van der Waals surface area contributed by atoms with Gasteiger partial charge in [0, 0.05) is 13.1 Å². The van der Waals surface area contributed by atoms with Crippen LogP contribution < -0.4 is 10.1 Å². The topological polar surface area (TPSA) is 122 Å². The van der Waals surface area contributed by atoms with Gasteiger partial charge in [-0.15, -0.1) is 0 Å². The molecule has 2 atom stereocenters. The predicted octanol–water partition coefficient (Wildman–Crippen LogP) is 2.58. The number of likely N-dealkylation sites (tertiary alicyclic amines) is 1. The van der Waals surface area contributed by atoms with Crippen LogP contribution >= 0.6 is 0 Å². The molecule has 0 aromatic heterocycles. The number of hydrogen-bond acceptors (Lipinski definition) is 6. The fourth-order valence-corrected chi connectivity index (χ4v) is 3.41. The van der Waals surface area contributed by atoms with E-state index in [1.54, 1.807) is 13.8 Å². The molecule has 2 rings (SSSR count). The van der Waals surface area contributed by atoms with E-state index < -0.39 is 71.9 Å². The fraction of sp³-hybridized carbons (Fsp3) is 0.545. The molecule has 0 bridgehead atoms. The van der Waals surface area contributed by atoms with Gasteiger partial charge in [-0.05, 0) is 45.2 Å². The van der Waals surface area contributed by atoms with E-state index in [9.17, 15) is 32.3 Å². The van der Waals surface area contributed by atoms with Gasteiger partial charge < -0.3 is 24.8 Å². The Labute approximate surface area is 194 Å². The Morgan fingerprint density at radius 2 is 1.88 bits per heavy atom. The minimum Gasteiger partial charge on any atom is -0.481 e. The molecule has 1 fully saturated rings. The standard InChI is InChI=1S/C22H27F3N2O7/c1-11(2)34-22(32)27-6-4-5-13(9-27)21(31)26-15(8-17(29)30)16(28)10-33-20-18(24)12(3)7-14(23)19(20)25/h7,11,13,15H,4-6,8-10H2,1-3H3,(H,26,31)(H,29,30)/t13-,15+/m1/s1. The van der Waals surface area contributed by atoms with Crippen molar-refractivity contribution in [2.45, 2.75) is 52.2 Å². The van der Waals surface area contributed by atoms with E-state index in [0.29, 0.717) is 25.5 Å². The van der Waals surface area contributed by atoms with Crippen molar-refractivity contribution in [2.75, 3.05) is 19.7 Å². The molecule has 0 spiro atoms. The molecule has 34 heavy (non-hydrogen) atoms. The quantitative estimate of drug-likeness (QED) is 0.513. The van der Waals surface area contributed by atoms with Gasteiger partial charge in [-0.25, -0.2) is 13.6 Å². The normalized spacial score (nSPS) is 16.7. The van der Waals surface area contributed by atoms with E-state index in [1.807, 2.05) is 0 Å². The molecule has 1 heterocycles. The number of amides is 2. The Morgan fingerprint density at radius 3 is 2.50 bits per heavy atom. The smallest absolute Gasteiger partial charge is 0.410 e. The van der Waals surface area contributed by atoms with Gasteiger partial charge in [-0.1, -0.05) is 0 Å². The first-order valence-corrected chi connectivity index (χ1v) is 10.7. The van der Waals surface area contributed by atoms with E-state index >= 15 is 0 Å². The lowest BCUT2D eigenvalue weighted by Crippen LogP contribution is -2.51. The lowest BCUT2D eigenvalue weighted by atomic mass is 9.96. The maximum absolute atomic E-state index is 14.1. The monoisotopic (exact) mass is 488 g/mol. The molecule has 1 aromatic carbocycles. The molecule has 1 aliphatic rings. The third kappa shape index (κ3) is 7.09. The first kappa shape index (κ1) is 26.9. The van der Waals surface area contributed by atoms with Crippen LogP contribution in [0.3, 0.4) is 0 Å². The highest BCUT2D eigenvalue weighted by Crippen LogP contribution is 2.27. The van der Waals surface area contributed by atoms with Crippen molar-refractivity contribution >= 4 is 23.8 Å². The largest absolute Gasteiger partial charge is 0.481 e. The van der Waals surface area contributed by atoms with Crippen molar-refractivity contribution in [2.24, 2.45) is 5.92 Å². The molecule has 9 nitrogen and oxygen atoms in total. The van der Waals surface area contributed by atoms with Gasteiger partial charge in [0.15, 0.2) is 23.2 Å². The lowest BCUT2D eigenvalue weighted by Gasteiger charge is -2.32. The summed E-state index contributed by atoms with van der Waals surface area (Å²) < 4.78 is 51.4. The summed E-state index contributed by atoms with van der Waals surface area (Å²) in [6, 6.07) is -0.944. The van der Waals surface area contributed by atoms with Gasteiger partial charge >= 0.3 is 12.1 Å². The number of carbonyl (C=O) groups is 4. The lowest BCUT2D eigenvalue weighted by molar-refractivity contribution is -0.141. The van der Waals surface area contributed by atoms with Crippen LogP contribution in [0.5, 0.6) is 5.75 Å². The average Bonchev–Trinajstić information content (AvgIpc) is 2.76. The van der Waals surface area contributed by atoms with Crippen LogP contribution in [0.15, 0.2) is 6.07 Å². The number of rotatable bonds is 9. The Bertz CT molecular complexity index is 929. The molecule has 1 aliphatic heterocycles. The molecule has 1 saturated heterocycles. The second-order valence-electron chi connectivity index (χ2n) is 8.26. The molecule has 0 radical (unpaired) electrons. The second kappa shape index (κ2) is 11.7.